The molecule has 0 aliphatic heterocycles. The summed E-state index contributed by atoms with van der Waals surface area (Å²) < 4.78 is 29.0. The monoisotopic (exact) mass is 258 g/mol. The van der Waals surface area contributed by atoms with Crippen LogP contribution < -0.4 is 0 Å². The molecule has 0 aromatic heterocycles. The van der Waals surface area contributed by atoms with Crippen molar-refractivity contribution in [3.8, 4) is 5.75 Å². The van der Waals surface area contributed by atoms with Gasteiger partial charge in [0.2, 0.25) is 0 Å². The fourth-order valence-corrected chi connectivity index (χ4v) is 2.53. The van der Waals surface area contributed by atoms with Gasteiger partial charge in [0.15, 0.2) is 0 Å². The minimum absolute atomic E-state index is 0.391. The van der Waals surface area contributed by atoms with Crippen LogP contribution in [0.1, 0.15) is 49.1 Å². The van der Waals surface area contributed by atoms with E-state index in [1.165, 1.54) is 43.2 Å². The minimum atomic E-state index is -3.67. The molecule has 0 spiro atoms. The summed E-state index contributed by atoms with van der Waals surface area (Å²) in [4.78, 5) is 0. The van der Waals surface area contributed by atoms with Crippen LogP contribution in [-0.2, 0) is 0 Å². The lowest BCUT2D eigenvalue weighted by molar-refractivity contribution is 0.440. The number of halogens is 3. The molecule has 18 heavy (non-hydrogen) atoms. The maximum Gasteiger partial charge on any atom is 0.762 e. The van der Waals surface area contributed by atoms with Crippen molar-refractivity contribution < 1.29 is 18.1 Å². The van der Waals surface area contributed by atoms with Crippen LogP contribution in [0.2, 0.25) is 0 Å². The van der Waals surface area contributed by atoms with Gasteiger partial charge in [0.25, 0.3) is 0 Å². The predicted octanol–water partition coefficient (Wildman–Crippen LogP) is 4.63. The molecule has 0 amide bonds. The van der Waals surface area contributed by atoms with Gasteiger partial charge in [-0.1, -0.05) is 25.3 Å². The highest BCUT2D eigenvalue weighted by molar-refractivity contribution is 6.33. The van der Waals surface area contributed by atoms with Crippen molar-refractivity contribution in [3.63, 3.8) is 0 Å². The Hall–Kier alpha value is -1.13. The second kappa shape index (κ2) is 7.34. The SMILES string of the molecule is Cc1cc(O)ccc1C1CCCCC1.FB(F)F. The molecule has 1 saturated carbocycles. The molecule has 1 N–H and O–H groups in total. The third-order valence-electron chi connectivity index (χ3n) is 3.30. The van der Waals surface area contributed by atoms with E-state index in [-0.39, 0.29) is 0 Å². The van der Waals surface area contributed by atoms with E-state index in [1.54, 1.807) is 0 Å². The number of rotatable bonds is 1. The molecule has 1 aliphatic carbocycles. The second-order valence-corrected chi connectivity index (χ2v) is 4.62. The zero-order valence-corrected chi connectivity index (χ0v) is 10.5. The predicted molar refractivity (Wildman–Crippen MR) is 67.7 cm³/mol. The summed E-state index contributed by atoms with van der Waals surface area (Å²) in [5.41, 5.74) is 2.69. The van der Waals surface area contributed by atoms with Crippen molar-refractivity contribution in [1.29, 1.82) is 0 Å². The van der Waals surface area contributed by atoms with Crippen LogP contribution in [-0.4, -0.2) is 12.7 Å². The highest BCUT2D eigenvalue weighted by Crippen LogP contribution is 2.35. The zero-order chi connectivity index (χ0) is 13.5. The smallest absolute Gasteiger partial charge is 0.508 e. The Morgan fingerprint density at radius 1 is 1.11 bits per heavy atom. The van der Waals surface area contributed by atoms with Gasteiger partial charge in [-0.3, -0.25) is 12.9 Å². The van der Waals surface area contributed by atoms with Gasteiger partial charge in [0.1, 0.15) is 5.75 Å². The first kappa shape index (κ1) is 14.9. The highest BCUT2D eigenvalue weighted by Gasteiger charge is 2.16. The lowest BCUT2D eigenvalue weighted by Gasteiger charge is -2.23. The quantitative estimate of drug-likeness (QED) is 0.728. The molecule has 0 radical (unpaired) electrons. The average Bonchev–Trinajstić information content (AvgIpc) is 2.29. The van der Waals surface area contributed by atoms with Gasteiger partial charge < -0.3 is 5.11 Å². The molecule has 1 aromatic rings. The van der Waals surface area contributed by atoms with Crippen molar-refractivity contribution in [1.82, 2.24) is 0 Å². The van der Waals surface area contributed by atoms with Crippen LogP contribution in [0.3, 0.4) is 0 Å². The summed E-state index contributed by atoms with van der Waals surface area (Å²) in [7, 11) is -3.67. The van der Waals surface area contributed by atoms with Crippen LogP contribution in [0, 0.1) is 6.92 Å². The maximum absolute atomic E-state index is 9.67. The van der Waals surface area contributed by atoms with Gasteiger partial charge in [-0.05, 0) is 48.9 Å². The lowest BCUT2D eigenvalue weighted by Crippen LogP contribution is -2.05. The molecule has 1 aliphatic rings. The first-order chi connectivity index (χ1) is 8.50. The second-order valence-electron chi connectivity index (χ2n) is 4.62. The Morgan fingerprint density at radius 3 is 2.17 bits per heavy atom. The Kier molecular flexibility index (Phi) is 6.09. The van der Waals surface area contributed by atoms with E-state index < -0.39 is 7.54 Å². The number of hydrogen-bond donors (Lipinski definition) is 1. The van der Waals surface area contributed by atoms with Crippen molar-refractivity contribution in [2.45, 2.75) is 44.9 Å². The molecule has 5 heteroatoms. The van der Waals surface area contributed by atoms with Gasteiger partial charge in [0.05, 0.1) is 0 Å². The molecular weight excluding hydrogens is 240 g/mol. The fraction of sp³-hybridized carbons (Fsp3) is 0.538. The maximum atomic E-state index is 9.67. The summed E-state index contributed by atoms with van der Waals surface area (Å²) in [6.45, 7) is 2.10. The number of aryl methyl sites for hydroxylation is 1. The molecule has 100 valence electrons. The van der Waals surface area contributed by atoms with Crippen LogP contribution in [0.5, 0.6) is 5.75 Å². The number of phenolic OH excluding ortho intramolecular Hbond substituents is 1. The van der Waals surface area contributed by atoms with E-state index >= 15 is 0 Å². The van der Waals surface area contributed by atoms with E-state index in [0.29, 0.717) is 5.75 Å². The van der Waals surface area contributed by atoms with Crippen LogP contribution in [0.25, 0.3) is 0 Å². The van der Waals surface area contributed by atoms with Gasteiger partial charge in [-0.2, -0.15) is 0 Å². The van der Waals surface area contributed by atoms with E-state index in [1.807, 2.05) is 12.1 Å². The topological polar surface area (TPSA) is 20.2 Å². The summed E-state index contributed by atoms with van der Waals surface area (Å²) >= 11 is 0. The van der Waals surface area contributed by atoms with Crippen molar-refractivity contribution in [3.05, 3.63) is 29.3 Å². The minimum Gasteiger partial charge on any atom is -0.508 e. The van der Waals surface area contributed by atoms with Gasteiger partial charge in [-0.15, -0.1) is 0 Å². The van der Waals surface area contributed by atoms with E-state index in [4.69, 9.17) is 0 Å². The number of phenols is 1. The largest absolute Gasteiger partial charge is 0.762 e. The third kappa shape index (κ3) is 5.02. The first-order valence-electron chi connectivity index (χ1n) is 6.22. The number of hydrogen-bond acceptors (Lipinski definition) is 1. The Balaban J connectivity index is 0.000000357. The average molecular weight is 258 g/mol. The van der Waals surface area contributed by atoms with E-state index in [0.717, 1.165) is 5.92 Å². The molecule has 1 fully saturated rings. The molecule has 2 rings (SSSR count). The molecule has 0 heterocycles. The number of benzene rings is 1. The molecule has 0 bridgehead atoms. The van der Waals surface area contributed by atoms with Crippen molar-refractivity contribution >= 4 is 7.54 Å². The van der Waals surface area contributed by atoms with Crippen LogP contribution in [0.15, 0.2) is 18.2 Å². The fourth-order valence-electron chi connectivity index (χ4n) is 2.53. The summed E-state index contributed by atoms with van der Waals surface area (Å²) in [6, 6.07) is 5.79. The Bertz CT molecular complexity index is 362. The summed E-state index contributed by atoms with van der Waals surface area (Å²) in [5, 5.41) is 9.34. The van der Waals surface area contributed by atoms with Crippen molar-refractivity contribution in [2.24, 2.45) is 0 Å². The molecular formula is C13H18BF3O. The number of aromatic hydroxyl groups is 1. The molecule has 1 aromatic carbocycles. The van der Waals surface area contributed by atoms with Crippen molar-refractivity contribution in [2.75, 3.05) is 0 Å². The Labute approximate surface area is 106 Å². The normalized spacial score (nSPS) is 15.8. The van der Waals surface area contributed by atoms with Gasteiger partial charge in [0, 0.05) is 0 Å². The van der Waals surface area contributed by atoms with Gasteiger partial charge >= 0.3 is 7.54 Å². The third-order valence-corrected chi connectivity index (χ3v) is 3.30. The summed E-state index contributed by atoms with van der Waals surface area (Å²) in [6.07, 6.45) is 6.78. The van der Waals surface area contributed by atoms with Crippen LogP contribution >= 0.6 is 0 Å². The van der Waals surface area contributed by atoms with E-state index in [2.05, 4.69) is 13.0 Å². The van der Waals surface area contributed by atoms with E-state index in [9.17, 15) is 18.1 Å². The van der Waals surface area contributed by atoms with Crippen LogP contribution in [0.4, 0.5) is 12.9 Å². The molecule has 0 unspecified atom stereocenters. The molecule has 1 nitrogen and oxygen atoms in total. The molecule has 0 saturated heterocycles. The summed E-state index contributed by atoms with van der Waals surface area (Å²) in [5.74, 6) is 1.13. The zero-order valence-electron chi connectivity index (χ0n) is 10.5. The highest BCUT2D eigenvalue weighted by atomic mass is 19.4. The molecule has 0 atom stereocenters. The first-order valence-corrected chi connectivity index (χ1v) is 6.22. The standard InChI is InChI=1S/C13H18O.BF3/c1-10-9-12(14)7-8-13(10)11-5-3-2-4-6-11;2-1(3)4/h7-9,11,14H,2-6H2,1H3;. The Morgan fingerprint density at radius 2 is 1.67 bits per heavy atom. The van der Waals surface area contributed by atoms with Gasteiger partial charge in [-0.25, -0.2) is 0 Å². The lowest BCUT2D eigenvalue weighted by atomic mass is 9.82.